The Balaban J connectivity index is 2.56. The second-order valence-electron chi connectivity index (χ2n) is 3.33. The average molecular weight is 246 g/mol. The molecule has 0 fully saturated rings. The number of halogens is 1. The van der Waals surface area contributed by atoms with Crippen molar-refractivity contribution in [2.45, 2.75) is 26.8 Å². The van der Waals surface area contributed by atoms with E-state index in [1.165, 1.54) is 0 Å². The van der Waals surface area contributed by atoms with Crippen LogP contribution >= 0.6 is 23.4 Å². The number of nitrogens with zero attached hydrogens (tertiary/aromatic N) is 2. The Bertz CT molecular complexity index is 299. The Morgan fingerprint density at radius 1 is 1.53 bits per heavy atom. The summed E-state index contributed by atoms with van der Waals surface area (Å²) in [6.45, 7) is 6.12. The van der Waals surface area contributed by atoms with E-state index in [0.717, 1.165) is 17.3 Å². The van der Waals surface area contributed by atoms with Gasteiger partial charge in [0.1, 0.15) is 16.8 Å². The van der Waals surface area contributed by atoms with E-state index in [2.05, 4.69) is 29.1 Å². The van der Waals surface area contributed by atoms with Crippen LogP contribution in [0.15, 0.2) is 6.07 Å². The lowest BCUT2D eigenvalue weighted by Gasteiger charge is -2.13. The third-order valence-corrected chi connectivity index (χ3v) is 3.11. The Morgan fingerprint density at radius 3 is 2.87 bits per heavy atom. The van der Waals surface area contributed by atoms with Gasteiger partial charge in [-0.1, -0.05) is 18.5 Å². The van der Waals surface area contributed by atoms with Crippen molar-refractivity contribution in [1.29, 1.82) is 0 Å². The first kappa shape index (κ1) is 12.6. The lowest BCUT2D eigenvalue weighted by Crippen LogP contribution is -2.19. The molecule has 0 spiro atoms. The van der Waals surface area contributed by atoms with Gasteiger partial charge in [-0.05, 0) is 19.6 Å². The molecule has 1 N–H and O–H groups in total. The number of aryl methyl sites for hydroxylation is 1. The van der Waals surface area contributed by atoms with Gasteiger partial charge in [-0.25, -0.2) is 9.97 Å². The fraction of sp³-hybridized carbons (Fsp3) is 0.600. The smallest absolute Gasteiger partial charge is 0.134 e. The highest BCUT2D eigenvalue weighted by molar-refractivity contribution is 7.99. The zero-order chi connectivity index (χ0) is 11.3. The Hall–Kier alpha value is -0.480. The molecule has 0 saturated heterocycles. The van der Waals surface area contributed by atoms with Crippen molar-refractivity contribution in [3.05, 3.63) is 17.0 Å². The maximum absolute atomic E-state index is 5.84. The van der Waals surface area contributed by atoms with Crippen LogP contribution in [0.25, 0.3) is 0 Å². The highest BCUT2D eigenvalue weighted by Gasteiger charge is 2.04. The number of hydrogen-bond acceptors (Lipinski definition) is 4. The molecule has 0 aliphatic heterocycles. The van der Waals surface area contributed by atoms with E-state index in [1.807, 2.05) is 18.7 Å². The van der Waals surface area contributed by atoms with E-state index >= 15 is 0 Å². The standard InChI is InChI=1S/C10H16ClN3S/c1-4-15-6-7(2)12-10-5-9(11)13-8(3)14-10/h5,7H,4,6H2,1-3H3,(H,12,13,14). The van der Waals surface area contributed by atoms with Gasteiger partial charge in [0, 0.05) is 17.9 Å². The summed E-state index contributed by atoms with van der Waals surface area (Å²) in [4.78, 5) is 8.28. The fourth-order valence-electron chi connectivity index (χ4n) is 1.19. The van der Waals surface area contributed by atoms with Crippen molar-refractivity contribution < 1.29 is 0 Å². The quantitative estimate of drug-likeness (QED) is 0.810. The predicted octanol–water partition coefficient (Wildman–Crippen LogP) is 2.99. The zero-order valence-electron chi connectivity index (χ0n) is 9.25. The number of thioether (sulfide) groups is 1. The zero-order valence-corrected chi connectivity index (χ0v) is 10.8. The van der Waals surface area contributed by atoms with E-state index in [1.54, 1.807) is 6.07 Å². The Labute approximate surface area is 100 Å². The van der Waals surface area contributed by atoms with E-state index in [-0.39, 0.29) is 0 Å². The molecule has 0 aliphatic carbocycles. The summed E-state index contributed by atoms with van der Waals surface area (Å²) in [6, 6.07) is 2.14. The Kier molecular flexibility index (Phi) is 5.19. The van der Waals surface area contributed by atoms with Crippen LogP contribution in [0.1, 0.15) is 19.7 Å². The molecule has 1 aromatic heterocycles. The number of hydrogen-bond donors (Lipinski definition) is 1. The van der Waals surface area contributed by atoms with E-state index < -0.39 is 0 Å². The fourth-order valence-corrected chi connectivity index (χ4v) is 2.09. The second kappa shape index (κ2) is 6.18. The van der Waals surface area contributed by atoms with Crippen LogP contribution in [0.5, 0.6) is 0 Å². The van der Waals surface area contributed by atoms with Gasteiger partial charge < -0.3 is 5.32 Å². The molecule has 1 heterocycles. The van der Waals surface area contributed by atoms with Crippen LogP contribution in [0.4, 0.5) is 5.82 Å². The topological polar surface area (TPSA) is 37.8 Å². The van der Waals surface area contributed by atoms with Crippen LogP contribution < -0.4 is 5.32 Å². The molecule has 15 heavy (non-hydrogen) atoms. The summed E-state index contributed by atoms with van der Waals surface area (Å²) >= 11 is 7.75. The SMILES string of the molecule is CCSCC(C)Nc1cc(Cl)nc(C)n1. The summed E-state index contributed by atoms with van der Waals surface area (Å²) in [5.74, 6) is 3.70. The molecule has 3 nitrogen and oxygen atoms in total. The maximum atomic E-state index is 5.84. The molecule has 5 heteroatoms. The minimum Gasteiger partial charge on any atom is -0.367 e. The van der Waals surface area contributed by atoms with Crippen LogP contribution in [-0.2, 0) is 0 Å². The van der Waals surface area contributed by atoms with Gasteiger partial charge >= 0.3 is 0 Å². The van der Waals surface area contributed by atoms with Crippen LogP contribution in [0, 0.1) is 6.92 Å². The molecule has 0 amide bonds. The molecule has 1 unspecified atom stereocenters. The molecular formula is C10H16ClN3S. The van der Waals surface area contributed by atoms with Crippen LogP contribution in [0.2, 0.25) is 5.15 Å². The summed E-state index contributed by atoms with van der Waals surface area (Å²) in [5.41, 5.74) is 0. The van der Waals surface area contributed by atoms with Crippen molar-refractivity contribution in [3.8, 4) is 0 Å². The predicted molar refractivity (Wildman–Crippen MR) is 67.9 cm³/mol. The van der Waals surface area contributed by atoms with Crippen molar-refractivity contribution in [3.63, 3.8) is 0 Å². The molecule has 84 valence electrons. The first-order valence-corrected chi connectivity index (χ1v) is 6.50. The third-order valence-electron chi connectivity index (χ3n) is 1.77. The average Bonchev–Trinajstić information content (AvgIpc) is 2.13. The third kappa shape index (κ3) is 4.71. The molecule has 1 aromatic rings. The van der Waals surface area contributed by atoms with Crippen molar-refractivity contribution >= 4 is 29.2 Å². The molecule has 0 radical (unpaired) electrons. The van der Waals surface area contributed by atoms with Gasteiger partial charge in [0.05, 0.1) is 0 Å². The van der Waals surface area contributed by atoms with Gasteiger partial charge in [0.2, 0.25) is 0 Å². The normalized spacial score (nSPS) is 12.5. The summed E-state index contributed by atoms with van der Waals surface area (Å²) in [5, 5.41) is 3.79. The van der Waals surface area contributed by atoms with E-state index in [4.69, 9.17) is 11.6 Å². The molecule has 1 atom stereocenters. The molecular weight excluding hydrogens is 230 g/mol. The van der Waals surface area contributed by atoms with Crippen molar-refractivity contribution in [2.24, 2.45) is 0 Å². The monoisotopic (exact) mass is 245 g/mol. The number of nitrogens with one attached hydrogen (secondary N) is 1. The van der Waals surface area contributed by atoms with Crippen LogP contribution in [0.3, 0.4) is 0 Å². The first-order valence-electron chi connectivity index (χ1n) is 4.97. The van der Waals surface area contributed by atoms with Gasteiger partial charge in [0.15, 0.2) is 0 Å². The number of anilines is 1. The summed E-state index contributed by atoms with van der Waals surface area (Å²) < 4.78 is 0. The van der Waals surface area contributed by atoms with Gasteiger partial charge in [-0.2, -0.15) is 11.8 Å². The second-order valence-corrected chi connectivity index (χ2v) is 5.03. The first-order chi connectivity index (χ1) is 7.11. The lowest BCUT2D eigenvalue weighted by atomic mass is 10.4. The number of rotatable bonds is 5. The Morgan fingerprint density at radius 2 is 2.27 bits per heavy atom. The lowest BCUT2D eigenvalue weighted by molar-refractivity contribution is 0.892. The molecule has 1 rings (SSSR count). The van der Waals surface area contributed by atoms with Gasteiger partial charge in [0.25, 0.3) is 0 Å². The molecule has 0 bridgehead atoms. The van der Waals surface area contributed by atoms with Gasteiger partial charge in [-0.3, -0.25) is 0 Å². The van der Waals surface area contributed by atoms with E-state index in [9.17, 15) is 0 Å². The molecule has 0 saturated carbocycles. The largest absolute Gasteiger partial charge is 0.367 e. The van der Waals surface area contributed by atoms with Crippen LogP contribution in [-0.4, -0.2) is 27.5 Å². The summed E-state index contributed by atoms with van der Waals surface area (Å²) in [6.07, 6.45) is 0. The minimum absolute atomic E-state index is 0.389. The van der Waals surface area contributed by atoms with E-state index in [0.29, 0.717) is 17.0 Å². The summed E-state index contributed by atoms with van der Waals surface area (Å²) in [7, 11) is 0. The highest BCUT2D eigenvalue weighted by atomic mass is 35.5. The van der Waals surface area contributed by atoms with Crippen molar-refractivity contribution in [1.82, 2.24) is 9.97 Å². The van der Waals surface area contributed by atoms with Gasteiger partial charge in [-0.15, -0.1) is 0 Å². The number of aromatic nitrogens is 2. The molecule has 0 aromatic carbocycles. The molecule has 0 aliphatic rings. The highest BCUT2D eigenvalue weighted by Crippen LogP contribution is 2.13. The maximum Gasteiger partial charge on any atom is 0.134 e. The van der Waals surface area contributed by atoms with Crippen molar-refractivity contribution in [2.75, 3.05) is 16.8 Å². The minimum atomic E-state index is 0.389.